The van der Waals surface area contributed by atoms with Crippen LogP contribution < -0.4 is 5.32 Å². The molecule has 0 saturated carbocycles. The minimum absolute atomic E-state index is 0.0397. The van der Waals surface area contributed by atoms with Gasteiger partial charge in [0.1, 0.15) is 0 Å². The quantitative estimate of drug-likeness (QED) is 0.753. The lowest BCUT2D eigenvalue weighted by molar-refractivity contribution is 0.0934. The predicted molar refractivity (Wildman–Crippen MR) is 104 cm³/mol. The molecule has 3 aromatic rings. The smallest absolute Gasteiger partial charge is 0.273 e. The van der Waals surface area contributed by atoms with Crippen molar-refractivity contribution in [3.8, 4) is 5.69 Å². The summed E-state index contributed by atoms with van der Waals surface area (Å²) >= 11 is 0. The second-order valence-electron chi connectivity index (χ2n) is 7.07. The van der Waals surface area contributed by atoms with Crippen LogP contribution in [0.4, 0.5) is 0 Å². The van der Waals surface area contributed by atoms with Gasteiger partial charge in [0.05, 0.1) is 17.1 Å². The number of amides is 1. The highest BCUT2D eigenvalue weighted by molar-refractivity contribution is 5.93. The zero-order chi connectivity index (χ0) is 19.7. The van der Waals surface area contributed by atoms with Gasteiger partial charge in [-0.2, -0.15) is 5.10 Å². The van der Waals surface area contributed by atoms with Gasteiger partial charge in [0.25, 0.3) is 5.91 Å². The van der Waals surface area contributed by atoms with E-state index in [-0.39, 0.29) is 11.9 Å². The molecule has 1 amide bonds. The summed E-state index contributed by atoms with van der Waals surface area (Å²) in [7, 11) is 1.93. The summed E-state index contributed by atoms with van der Waals surface area (Å²) in [4.78, 5) is 12.7. The fourth-order valence-electron chi connectivity index (χ4n) is 3.33. The summed E-state index contributed by atoms with van der Waals surface area (Å²) in [6.45, 7) is 9.90. The van der Waals surface area contributed by atoms with Crippen molar-refractivity contribution >= 4 is 5.91 Å². The van der Waals surface area contributed by atoms with E-state index in [1.54, 1.807) is 4.68 Å². The number of benzene rings is 1. The molecule has 2 aromatic heterocycles. The Morgan fingerprint density at radius 1 is 1.15 bits per heavy atom. The largest absolute Gasteiger partial charge is 0.348 e. The van der Waals surface area contributed by atoms with Gasteiger partial charge in [0, 0.05) is 18.8 Å². The summed E-state index contributed by atoms with van der Waals surface area (Å²) < 4.78 is 3.58. The van der Waals surface area contributed by atoms with Crippen molar-refractivity contribution in [3.63, 3.8) is 0 Å². The third-order valence-electron chi connectivity index (χ3n) is 5.00. The summed E-state index contributed by atoms with van der Waals surface area (Å²) in [5.41, 5.74) is 6.37. The number of aryl methyl sites for hydroxylation is 3. The number of hydrogen-bond donors (Lipinski definition) is 1. The number of nitrogens with one attached hydrogen (secondary N) is 1. The van der Waals surface area contributed by atoms with E-state index in [9.17, 15) is 4.79 Å². The van der Waals surface area contributed by atoms with Crippen molar-refractivity contribution in [2.75, 3.05) is 0 Å². The van der Waals surface area contributed by atoms with Gasteiger partial charge >= 0.3 is 0 Å². The second-order valence-corrected chi connectivity index (χ2v) is 7.07. The van der Waals surface area contributed by atoms with Gasteiger partial charge < -0.3 is 5.32 Å². The Morgan fingerprint density at radius 3 is 2.48 bits per heavy atom. The van der Waals surface area contributed by atoms with Crippen LogP contribution in [-0.2, 0) is 13.5 Å². The highest BCUT2D eigenvalue weighted by atomic mass is 16.2. The molecule has 0 radical (unpaired) electrons. The van der Waals surface area contributed by atoms with Crippen LogP contribution in [-0.4, -0.2) is 36.7 Å². The molecular formula is C20H26N6O. The number of hydrogen-bond acceptors (Lipinski definition) is 4. The molecule has 0 aliphatic heterocycles. The van der Waals surface area contributed by atoms with Crippen molar-refractivity contribution in [1.82, 2.24) is 30.1 Å². The first kappa shape index (κ1) is 18.8. The standard InChI is InChI=1S/C20H26N6O/c1-12-9-7-8-10-18(12)26-16(5)19(22-24-26)20(27)21-13(2)11-17-14(3)23-25(6)15(17)4/h7-10,13H,11H2,1-6H3,(H,21,27). The van der Waals surface area contributed by atoms with E-state index in [0.717, 1.165) is 34.8 Å². The number of aromatic nitrogens is 5. The van der Waals surface area contributed by atoms with Crippen LogP contribution in [0, 0.1) is 27.7 Å². The van der Waals surface area contributed by atoms with Crippen molar-refractivity contribution in [1.29, 1.82) is 0 Å². The van der Waals surface area contributed by atoms with Crippen LogP contribution in [0.25, 0.3) is 5.69 Å². The molecule has 3 rings (SSSR count). The third-order valence-corrected chi connectivity index (χ3v) is 5.00. The van der Waals surface area contributed by atoms with Crippen LogP contribution >= 0.6 is 0 Å². The monoisotopic (exact) mass is 366 g/mol. The fraction of sp³-hybridized carbons (Fsp3) is 0.400. The van der Waals surface area contributed by atoms with E-state index in [1.807, 2.05) is 70.6 Å². The Kier molecular flexibility index (Phi) is 5.12. The van der Waals surface area contributed by atoms with Crippen molar-refractivity contribution < 1.29 is 4.79 Å². The molecule has 0 bridgehead atoms. The second kappa shape index (κ2) is 7.34. The lowest BCUT2D eigenvalue weighted by Gasteiger charge is -2.14. The van der Waals surface area contributed by atoms with Gasteiger partial charge in [-0.25, -0.2) is 4.68 Å². The summed E-state index contributed by atoms with van der Waals surface area (Å²) in [5, 5.41) is 15.8. The molecule has 27 heavy (non-hydrogen) atoms. The van der Waals surface area contributed by atoms with Crippen molar-refractivity contribution in [2.24, 2.45) is 7.05 Å². The van der Waals surface area contributed by atoms with Crippen LogP contribution in [0.15, 0.2) is 24.3 Å². The Balaban J connectivity index is 1.76. The lowest BCUT2D eigenvalue weighted by atomic mass is 10.1. The summed E-state index contributed by atoms with van der Waals surface area (Å²) in [6.07, 6.45) is 0.724. The summed E-state index contributed by atoms with van der Waals surface area (Å²) in [6, 6.07) is 7.86. The molecule has 1 aromatic carbocycles. The zero-order valence-corrected chi connectivity index (χ0v) is 16.7. The predicted octanol–water partition coefficient (Wildman–Crippen LogP) is 2.60. The average molecular weight is 366 g/mol. The highest BCUT2D eigenvalue weighted by Gasteiger charge is 2.21. The summed E-state index contributed by atoms with van der Waals surface area (Å²) in [5.74, 6) is -0.209. The molecule has 0 aliphatic carbocycles. The number of nitrogens with zero attached hydrogens (tertiary/aromatic N) is 5. The van der Waals surface area contributed by atoms with Crippen molar-refractivity contribution in [2.45, 2.75) is 47.1 Å². The van der Waals surface area contributed by atoms with Gasteiger partial charge in [-0.3, -0.25) is 9.48 Å². The topological polar surface area (TPSA) is 77.6 Å². The minimum atomic E-state index is -0.209. The van der Waals surface area contributed by atoms with Gasteiger partial charge in [0.15, 0.2) is 5.69 Å². The highest BCUT2D eigenvalue weighted by Crippen LogP contribution is 2.17. The minimum Gasteiger partial charge on any atom is -0.348 e. The molecule has 2 heterocycles. The molecule has 7 heteroatoms. The van der Waals surface area contributed by atoms with Gasteiger partial charge in [0.2, 0.25) is 0 Å². The molecule has 1 atom stereocenters. The van der Waals surface area contributed by atoms with Crippen LogP contribution in [0.3, 0.4) is 0 Å². The maximum Gasteiger partial charge on any atom is 0.273 e. The van der Waals surface area contributed by atoms with E-state index >= 15 is 0 Å². The Labute approximate surface area is 159 Å². The normalized spacial score (nSPS) is 12.2. The molecule has 0 fully saturated rings. The first-order chi connectivity index (χ1) is 12.8. The van der Waals surface area contributed by atoms with Crippen molar-refractivity contribution in [3.05, 3.63) is 58.2 Å². The van der Waals surface area contributed by atoms with Gasteiger partial charge in [-0.1, -0.05) is 23.4 Å². The Hall–Kier alpha value is -2.96. The van der Waals surface area contributed by atoms with Gasteiger partial charge in [-0.05, 0) is 58.2 Å². The first-order valence-electron chi connectivity index (χ1n) is 9.07. The average Bonchev–Trinajstić information content (AvgIpc) is 3.10. The van der Waals surface area contributed by atoms with E-state index in [2.05, 4.69) is 20.7 Å². The third kappa shape index (κ3) is 3.63. The van der Waals surface area contributed by atoms with Crippen LogP contribution in [0.1, 0.15) is 45.6 Å². The van der Waals surface area contributed by atoms with E-state index < -0.39 is 0 Å². The molecule has 142 valence electrons. The maximum atomic E-state index is 12.7. The molecular weight excluding hydrogens is 340 g/mol. The van der Waals surface area contributed by atoms with E-state index in [0.29, 0.717) is 5.69 Å². The Morgan fingerprint density at radius 2 is 1.85 bits per heavy atom. The van der Waals surface area contributed by atoms with Gasteiger partial charge in [-0.15, -0.1) is 5.10 Å². The fourth-order valence-corrected chi connectivity index (χ4v) is 3.33. The molecule has 0 aliphatic rings. The molecule has 1 unspecified atom stereocenters. The molecule has 7 nitrogen and oxygen atoms in total. The van der Waals surface area contributed by atoms with Crippen LogP contribution in [0.5, 0.6) is 0 Å². The molecule has 0 spiro atoms. The molecule has 1 N–H and O–H groups in total. The SMILES string of the molecule is Cc1ccccc1-n1nnc(C(=O)NC(C)Cc2c(C)nn(C)c2C)c1C. The number of carbonyl (C=O) groups is 1. The maximum absolute atomic E-state index is 12.7. The number of carbonyl (C=O) groups excluding carboxylic acids is 1. The number of rotatable bonds is 5. The zero-order valence-electron chi connectivity index (χ0n) is 16.7. The first-order valence-corrected chi connectivity index (χ1v) is 9.07. The molecule has 0 saturated heterocycles. The van der Waals surface area contributed by atoms with Crippen LogP contribution in [0.2, 0.25) is 0 Å². The number of para-hydroxylation sites is 1. The van der Waals surface area contributed by atoms with E-state index in [1.165, 1.54) is 5.56 Å². The van der Waals surface area contributed by atoms with E-state index in [4.69, 9.17) is 0 Å². The lowest BCUT2D eigenvalue weighted by Crippen LogP contribution is -2.35. The Bertz CT molecular complexity index is 985.